The number of nitrogens with one attached hydrogen (secondary N) is 2. The predicted molar refractivity (Wildman–Crippen MR) is 155 cm³/mol. The Morgan fingerprint density at radius 2 is 1.75 bits per heavy atom. The molecule has 0 spiro atoms. The molecular formula is C31H34N2O2S. The molecular weight excluding hydrogens is 464 g/mol. The summed E-state index contributed by atoms with van der Waals surface area (Å²) in [6.45, 7) is 8.44. The van der Waals surface area contributed by atoms with E-state index in [1.165, 1.54) is 18.4 Å². The summed E-state index contributed by atoms with van der Waals surface area (Å²) in [5, 5.41) is 18.6. The second-order valence-corrected chi connectivity index (χ2v) is 8.97. The van der Waals surface area contributed by atoms with Crippen LogP contribution in [0.3, 0.4) is 0 Å². The zero-order valence-electron chi connectivity index (χ0n) is 20.9. The van der Waals surface area contributed by atoms with Crippen molar-refractivity contribution in [3.63, 3.8) is 0 Å². The smallest absolute Gasteiger partial charge is 0.256 e. The monoisotopic (exact) mass is 498 g/mol. The molecule has 0 aliphatic carbocycles. The van der Waals surface area contributed by atoms with Gasteiger partial charge in [0, 0.05) is 22.5 Å². The van der Waals surface area contributed by atoms with Gasteiger partial charge < -0.3 is 15.7 Å². The number of hydrogen-bond acceptors (Lipinski definition) is 4. The largest absolute Gasteiger partial charge is 0.506 e. The fraction of sp³-hybridized carbons (Fsp3) is 0.194. The van der Waals surface area contributed by atoms with E-state index in [-0.39, 0.29) is 11.7 Å². The van der Waals surface area contributed by atoms with Gasteiger partial charge in [0.2, 0.25) is 0 Å². The Morgan fingerprint density at radius 3 is 2.44 bits per heavy atom. The van der Waals surface area contributed by atoms with Gasteiger partial charge in [-0.1, -0.05) is 80.9 Å². The van der Waals surface area contributed by atoms with E-state index in [0.717, 1.165) is 35.2 Å². The predicted octanol–water partition coefficient (Wildman–Crippen LogP) is 8.17. The van der Waals surface area contributed by atoms with Crippen LogP contribution in [0.25, 0.3) is 16.8 Å². The van der Waals surface area contributed by atoms with E-state index in [1.54, 1.807) is 23.6 Å². The number of thiol groups is 1. The van der Waals surface area contributed by atoms with Crippen molar-refractivity contribution in [1.29, 1.82) is 0 Å². The third-order valence-electron chi connectivity index (χ3n) is 5.99. The van der Waals surface area contributed by atoms with Gasteiger partial charge in [0.1, 0.15) is 5.75 Å². The average Bonchev–Trinajstić information content (AvgIpc) is 2.90. The van der Waals surface area contributed by atoms with Gasteiger partial charge in [-0.05, 0) is 66.1 Å². The zero-order chi connectivity index (χ0) is 25.9. The molecule has 0 atom stereocenters. The van der Waals surface area contributed by atoms with E-state index in [1.807, 2.05) is 60.7 Å². The lowest BCUT2D eigenvalue weighted by Crippen LogP contribution is -2.14. The first-order chi connectivity index (χ1) is 17.4. The van der Waals surface area contributed by atoms with Gasteiger partial charge in [-0.15, -0.1) is 0 Å². The Morgan fingerprint density at radius 1 is 1.03 bits per heavy atom. The molecule has 0 aromatic heterocycles. The van der Waals surface area contributed by atoms with E-state index < -0.39 is 0 Å². The fourth-order valence-electron chi connectivity index (χ4n) is 3.94. The molecule has 186 valence electrons. The van der Waals surface area contributed by atoms with Crippen LogP contribution in [0.5, 0.6) is 5.75 Å². The van der Waals surface area contributed by atoms with E-state index in [2.05, 4.69) is 43.7 Å². The van der Waals surface area contributed by atoms with Crippen molar-refractivity contribution >= 4 is 29.9 Å². The molecule has 0 unspecified atom stereocenters. The SMILES string of the molecule is C=C(NC(/C=C\S)=C(/C)CCCCC)c1ccc(NC(=O)c2ccccc2-c2ccccc2)c(O)c1. The number of aromatic hydroxyl groups is 1. The van der Waals surface area contributed by atoms with Crippen molar-refractivity contribution < 1.29 is 9.90 Å². The number of rotatable bonds is 11. The highest BCUT2D eigenvalue weighted by Crippen LogP contribution is 2.29. The lowest BCUT2D eigenvalue weighted by molar-refractivity contribution is 0.102. The molecule has 0 radical (unpaired) electrons. The van der Waals surface area contributed by atoms with E-state index in [9.17, 15) is 9.90 Å². The molecule has 0 fully saturated rings. The van der Waals surface area contributed by atoms with Crippen molar-refractivity contribution in [3.05, 3.63) is 113 Å². The topological polar surface area (TPSA) is 61.4 Å². The van der Waals surface area contributed by atoms with E-state index in [4.69, 9.17) is 0 Å². The molecule has 3 aromatic carbocycles. The Hall–Kier alpha value is -3.70. The second kappa shape index (κ2) is 13.4. The Balaban J connectivity index is 1.76. The quantitative estimate of drug-likeness (QED) is 0.0933. The average molecular weight is 499 g/mol. The number of allylic oxidation sites excluding steroid dienone is 2. The molecule has 1 amide bonds. The van der Waals surface area contributed by atoms with Crippen LogP contribution in [0.2, 0.25) is 0 Å². The summed E-state index contributed by atoms with van der Waals surface area (Å²) >= 11 is 4.23. The molecule has 3 aromatic rings. The van der Waals surface area contributed by atoms with Gasteiger partial charge in [-0.25, -0.2) is 0 Å². The van der Waals surface area contributed by atoms with Crippen molar-refractivity contribution in [2.45, 2.75) is 39.5 Å². The number of benzene rings is 3. The highest BCUT2D eigenvalue weighted by atomic mass is 32.1. The molecule has 36 heavy (non-hydrogen) atoms. The van der Waals surface area contributed by atoms with Gasteiger partial charge >= 0.3 is 0 Å². The summed E-state index contributed by atoms with van der Waals surface area (Å²) in [4.78, 5) is 13.1. The van der Waals surface area contributed by atoms with Crippen LogP contribution in [0, 0.1) is 0 Å². The minimum atomic E-state index is -0.290. The van der Waals surface area contributed by atoms with Crippen molar-refractivity contribution in [2.24, 2.45) is 0 Å². The molecule has 3 N–H and O–H groups in total. The summed E-state index contributed by atoms with van der Waals surface area (Å²) in [7, 11) is 0. The van der Waals surface area contributed by atoms with Crippen LogP contribution in [0.15, 0.2) is 102 Å². The lowest BCUT2D eigenvalue weighted by Gasteiger charge is -2.16. The normalized spacial score (nSPS) is 11.8. The Labute approximate surface area is 219 Å². The van der Waals surface area contributed by atoms with Gasteiger partial charge in [0.15, 0.2) is 0 Å². The lowest BCUT2D eigenvalue weighted by atomic mass is 9.99. The van der Waals surface area contributed by atoms with Crippen LogP contribution >= 0.6 is 12.6 Å². The third kappa shape index (κ3) is 7.15. The molecule has 0 saturated carbocycles. The van der Waals surface area contributed by atoms with Gasteiger partial charge in [0.05, 0.1) is 5.69 Å². The fourth-order valence-corrected chi connectivity index (χ4v) is 4.09. The molecule has 0 aliphatic rings. The van der Waals surface area contributed by atoms with Crippen LogP contribution in [-0.2, 0) is 0 Å². The first-order valence-corrected chi connectivity index (χ1v) is 12.7. The van der Waals surface area contributed by atoms with Gasteiger partial charge in [-0.3, -0.25) is 4.79 Å². The molecule has 0 heterocycles. The second-order valence-electron chi connectivity index (χ2n) is 8.67. The number of unbranched alkanes of at least 4 members (excludes halogenated alkanes) is 2. The van der Waals surface area contributed by atoms with Crippen LogP contribution < -0.4 is 10.6 Å². The van der Waals surface area contributed by atoms with Crippen molar-refractivity contribution in [2.75, 3.05) is 5.32 Å². The minimum Gasteiger partial charge on any atom is -0.506 e. The van der Waals surface area contributed by atoms with Crippen LogP contribution in [-0.4, -0.2) is 11.0 Å². The Bertz CT molecular complexity index is 1260. The number of hydrogen-bond donors (Lipinski definition) is 4. The maximum atomic E-state index is 13.1. The van der Waals surface area contributed by atoms with Crippen LogP contribution in [0.4, 0.5) is 5.69 Å². The summed E-state index contributed by atoms with van der Waals surface area (Å²) in [5.41, 5.74) is 6.19. The van der Waals surface area contributed by atoms with Crippen molar-refractivity contribution in [3.8, 4) is 16.9 Å². The highest BCUT2D eigenvalue weighted by molar-refractivity contribution is 7.83. The summed E-state index contributed by atoms with van der Waals surface area (Å²) in [6.07, 6.45) is 6.39. The highest BCUT2D eigenvalue weighted by Gasteiger charge is 2.15. The number of amides is 1. The molecule has 3 rings (SSSR count). The summed E-state index contributed by atoms with van der Waals surface area (Å²) < 4.78 is 0. The van der Waals surface area contributed by atoms with Gasteiger partial charge in [-0.2, -0.15) is 12.6 Å². The number of carbonyl (C=O) groups is 1. The number of phenolic OH excluding ortho intramolecular Hbond substituents is 1. The zero-order valence-corrected chi connectivity index (χ0v) is 21.8. The minimum absolute atomic E-state index is 0.0315. The van der Waals surface area contributed by atoms with Crippen molar-refractivity contribution in [1.82, 2.24) is 5.32 Å². The molecule has 4 nitrogen and oxygen atoms in total. The third-order valence-corrected chi connectivity index (χ3v) is 6.14. The molecule has 5 heteroatoms. The summed E-state index contributed by atoms with van der Waals surface area (Å²) in [5.74, 6) is -0.322. The molecule has 0 aliphatic heterocycles. The maximum absolute atomic E-state index is 13.1. The first kappa shape index (κ1) is 26.9. The maximum Gasteiger partial charge on any atom is 0.256 e. The summed E-state index contributed by atoms with van der Waals surface area (Å²) in [6, 6.07) is 22.3. The molecule has 0 bridgehead atoms. The number of phenols is 1. The molecule has 0 saturated heterocycles. The van der Waals surface area contributed by atoms with E-state index >= 15 is 0 Å². The first-order valence-electron chi connectivity index (χ1n) is 12.2. The van der Waals surface area contributed by atoms with Gasteiger partial charge in [0.25, 0.3) is 5.91 Å². The number of carbonyl (C=O) groups excluding carboxylic acids is 1. The number of anilines is 1. The standard InChI is InChI=1S/C31H34N2O2S/c1-4-5-7-12-22(2)28(19-20-36)32-23(3)25-17-18-29(30(34)21-25)33-31(35)27-16-11-10-15-26(27)24-13-8-6-9-14-24/h6,8-11,13-21,32,34,36H,3-5,7,12H2,1-2H3,(H,33,35)/b20-19-,28-22-. The Kier molecular flexibility index (Phi) is 10.0. The van der Waals surface area contributed by atoms with Crippen LogP contribution in [0.1, 0.15) is 55.5 Å². The van der Waals surface area contributed by atoms with E-state index in [0.29, 0.717) is 16.9 Å².